The molecule has 0 aromatic heterocycles. The molecule has 1 heteroatoms. The maximum absolute atomic E-state index is 12.5. The number of rotatable bonds is 17. The zero-order valence-corrected chi connectivity index (χ0v) is 19.7. The van der Waals surface area contributed by atoms with Crippen molar-refractivity contribution in [3.63, 3.8) is 0 Å². The minimum Gasteiger partial charge on any atom is -0.294 e. The summed E-state index contributed by atoms with van der Waals surface area (Å²) in [4.78, 5) is 12.5. The molecular weight excluding hydrogens is 376 g/mol. The SMILES string of the molecule is C=Cc1cccc(-c2ccc(C(=O)CCCCCCCCCCCCCCC)cc2)c1. The van der Waals surface area contributed by atoms with Crippen molar-refractivity contribution < 1.29 is 4.79 Å². The third kappa shape index (κ3) is 10.1. The Morgan fingerprint density at radius 2 is 1.26 bits per heavy atom. The summed E-state index contributed by atoms with van der Waals surface area (Å²) in [5.41, 5.74) is 4.25. The predicted octanol–water partition coefficient (Wildman–Crippen LogP) is 9.66. The Balaban J connectivity index is 1.55. The summed E-state index contributed by atoms with van der Waals surface area (Å²) < 4.78 is 0. The molecule has 0 radical (unpaired) electrons. The van der Waals surface area contributed by atoms with Crippen LogP contribution < -0.4 is 0 Å². The standard InChI is InChI=1S/C30H42O/c1-3-5-6-7-8-9-10-11-12-13-14-15-16-20-30(31)28-23-21-27(22-24-28)29-19-17-18-26(4-2)25-29/h4,17-19,21-25H,2-3,5-16,20H2,1H3. The number of hydrogen-bond donors (Lipinski definition) is 0. The molecule has 0 bridgehead atoms. The van der Waals surface area contributed by atoms with Crippen molar-refractivity contribution in [3.8, 4) is 11.1 Å². The Hall–Kier alpha value is -2.15. The number of hydrogen-bond acceptors (Lipinski definition) is 1. The van der Waals surface area contributed by atoms with E-state index < -0.39 is 0 Å². The zero-order chi connectivity index (χ0) is 22.2. The fourth-order valence-corrected chi connectivity index (χ4v) is 4.14. The lowest BCUT2D eigenvalue weighted by atomic mass is 9.98. The number of Topliss-reactive ketones (excluding diaryl/α,β-unsaturated/α-hetero) is 1. The Kier molecular flexibility index (Phi) is 12.7. The average molecular weight is 419 g/mol. The van der Waals surface area contributed by atoms with Crippen LogP contribution in [0.5, 0.6) is 0 Å². The molecule has 168 valence electrons. The Morgan fingerprint density at radius 3 is 1.81 bits per heavy atom. The van der Waals surface area contributed by atoms with E-state index in [0.717, 1.165) is 28.7 Å². The van der Waals surface area contributed by atoms with Crippen molar-refractivity contribution in [1.82, 2.24) is 0 Å². The normalized spacial score (nSPS) is 10.9. The van der Waals surface area contributed by atoms with Crippen LogP contribution in [-0.2, 0) is 0 Å². The van der Waals surface area contributed by atoms with Crippen LogP contribution in [0.1, 0.15) is 113 Å². The van der Waals surface area contributed by atoms with Crippen molar-refractivity contribution in [2.75, 3.05) is 0 Å². The molecule has 0 unspecified atom stereocenters. The van der Waals surface area contributed by atoms with Gasteiger partial charge < -0.3 is 0 Å². The van der Waals surface area contributed by atoms with E-state index in [0.29, 0.717) is 6.42 Å². The van der Waals surface area contributed by atoms with E-state index in [2.05, 4.69) is 37.8 Å². The van der Waals surface area contributed by atoms with Gasteiger partial charge in [0.05, 0.1) is 0 Å². The first kappa shape index (κ1) is 25.1. The zero-order valence-electron chi connectivity index (χ0n) is 19.7. The van der Waals surface area contributed by atoms with Gasteiger partial charge in [0.2, 0.25) is 0 Å². The van der Waals surface area contributed by atoms with Gasteiger partial charge in [-0.3, -0.25) is 4.79 Å². The van der Waals surface area contributed by atoms with Gasteiger partial charge in [-0.1, -0.05) is 139 Å². The minimum atomic E-state index is 0.273. The van der Waals surface area contributed by atoms with Crippen LogP contribution in [0.2, 0.25) is 0 Å². The van der Waals surface area contributed by atoms with E-state index in [4.69, 9.17) is 0 Å². The third-order valence-corrected chi connectivity index (χ3v) is 6.17. The van der Waals surface area contributed by atoms with Gasteiger partial charge in [0, 0.05) is 12.0 Å². The summed E-state index contributed by atoms with van der Waals surface area (Å²) in [7, 11) is 0. The molecule has 31 heavy (non-hydrogen) atoms. The van der Waals surface area contributed by atoms with Crippen molar-refractivity contribution in [2.45, 2.75) is 96.8 Å². The molecule has 0 saturated carbocycles. The topological polar surface area (TPSA) is 17.1 Å². The highest BCUT2D eigenvalue weighted by Gasteiger charge is 2.06. The van der Waals surface area contributed by atoms with Gasteiger partial charge in [-0.15, -0.1) is 0 Å². The smallest absolute Gasteiger partial charge is 0.162 e. The molecule has 0 aliphatic heterocycles. The molecule has 2 aromatic rings. The quantitative estimate of drug-likeness (QED) is 0.184. The number of carbonyl (C=O) groups excluding carboxylic acids is 1. The van der Waals surface area contributed by atoms with E-state index in [9.17, 15) is 4.79 Å². The molecule has 1 nitrogen and oxygen atoms in total. The van der Waals surface area contributed by atoms with Crippen LogP contribution in [0.25, 0.3) is 17.2 Å². The van der Waals surface area contributed by atoms with Gasteiger partial charge in [-0.05, 0) is 29.2 Å². The van der Waals surface area contributed by atoms with Crippen LogP contribution in [0.4, 0.5) is 0 Å². The second-order valence-electron chi connectivity index (χ2n) is 8.82. The molecule has 0 atom stereocenters. The molecule has 0 spiro atoms. The van der Waals surface area contributed by atoms with E-state index in [-0.39, 0.29) is 5.78 Å². The van der Waals surface area contributed by atoms with Gasteiger partial charge in [0.15, 0.2) is 5.78 Å². The van der Waals surface area contributed by atoms with E-state index in [1.54, 1.807) is 0 Å². The first-order valence-corrected chi connectivity index (χ1v) is 12.6. The highest BCUT2D eigenvalue weighted by atomic mass is 16.1. The third-order valence-electron chi connectivity index (χ3n) is 6.17. The Morgan fingerprint density at radius 1 is 0.710 bits per heavy atom. The average Bonchev–Trinajstić information content (AvgIpc) is 2.82. The van der Waals surface area contributed by atoms with Crippen LogP contribution in [-0.4, -0.2) is 5.78 Å². The minimum absolute atomic E-state index is 0.273. The number of ketones is 1. The van der Waals surface area contributed by atoms with Crippen molar-refractivity contribution in [1.29, 1.82) is 0 Å². The van der Waals surface area contributed by atoms with Crippen LogP contribution in [0.15, 0.2) is 55.1 Å². The molecule has 0 aliphatic carbocycles. The lowest BCUT2D eigenvalue weighted by Crippen LogP contribution is -1.98. The molecule has 0 N–H and O–H groups in total. The summed E-state index contributed by atoms with van der Waals surface area (Å²) in [6.45, 7) is 6.11. The molecular formula is C30H42O. The van der Waals surface area contributed by atoms with Crippen molar-refractivity contribution in [2.24, 2.45) is 0 Å². The van der Waals surface area contributed by atoms with Gasteiger partial charge in [0.25, 0.3) is 0 Å². The largest absolute Gasteiger partial charge is 0.294 e. The summed E-state index contributed by atoms with van der Waals surface area (Å²) in [6, 6.07) is 16.4. The first-order chi connectivity index (χ1) is 15.2. The summed E-state index contributed by atoms with van der Waals surface area (Å²) in [5.74, 6) is 0.273. The van der Waals surface area contributed by atoms with E-state index >= 15 is 0 Å². The monoisotopic (exact) mass is 418 g/mol. The van der Waals surface area contributed by atoms with Gasteiger partial charge >= 0.3 is 0 Å². The lowest BCUT2D eigenvalue weighted by Gasteiger charge is -2.06. The molecule has 0 aliphatic rings. The van der Waals surface area contributed by atoms with E-state index in [1.165, 1.54) is 77.0 Å². The Bertz CT molecular complexity index is 756. The highest BCUT2D eigenvalue weighted by molar-refractivity contribution is 5.96. The maximum atomic E-state index is 12.5. The summed E-state index contributed by atoms with van der Waals surface area (Å²) in [5, 5.41) is 0. The molecule has 0 fully saturated rings. The van der Waals surface area contributed by atoms with Crippen LogP contribution in [0, 0.1) is 0 Å². The van der Waals surface area contributed by atoms with Crippen LogP contribution in [0.3, 0.4) is 0 Å². The maximum Gasteiger partial charge on any atom is 0.162 e. The highest BCUT2D eigenvalue weighted by Crippen LogP contribution is 2.22. The second-order valence-corrected chi connectivity index (χ2v) is 8.82. The summed E-state index contributed by atoms with van der Waals surface area (Å²) >= 11 is 0. The molecule has 2 rings (SSSR count). The number of unbranched alkanes of at least 4 members (excludes halogenated alkanes) is 12. The lowest BCUT2D eigenvalue weighted by molar-refractivity contribution is 0.0979. The summed E-state index contributed by atoms with van der Waals surface area (Å²) in [6.07, 6.45) is 19.9. The fraction of sp³-hybridized carbons (Fsp3) is 0.500. The number of benzene rings is 2. The van der Waals surface area contributed by atoms with Crippen molar-refractivity contribution >= 4 is 11.9 Å². The number of carbonyl (C=O) groups is 1. The van der Waals surface area contributed by atoms with Gasteiger partial charge in [0.1, 0.15) is 0 Å². The van der Waals surface area contributed by atoms with Gasteiger partial charge in [-0.25, -0.2) is 0 Å². The molecule has 0 amide bonds. The molecule has 0 heterocycles. The second kappa shape index (κ2) is 15.6. The molecule has 2 aromatic carbocycles. The molecule has 0 saturated heterocycles. The first-order valence-electron chi connectivity index (χ1n) is 12.6. The fourth-order valence-electron chi connectivity index (χ4n) is 4.14. The van der Waals surface area contributed by atoms with Crippen molar-refractivity contribution in [3.05, 3.63) is 66.2 Å². The van der Waals surface area contributed by atoms with E-state index in [1.807, 2.05) is 30.3 Å². The van der Waals surface area contributed by atoms with Gasteiger partial charge in [-0.2, -0.15) is 0 Å². The van der Waals surface area contributed by atoms with Crippen LogP contribution >= 0.6 is 0 Å². The predicted molar refractivity (Wildman–Crippen MR) is 137 cm³/mol. The Labute approximate surface area is 191 Å².